The van der Waals surface area contributed by atoms with E-state index in [-0.39, 0.29) is 11.9 Å². The first kappa shape index (κ1) is 19.2. The number of hydrogen-bond donors (Lipinski definition) is 1. The standard InChI is InChI=1S/C20H24N4O2S/c1-4-24-18(22-23-20(24)27-13-19(25)21-14(2)3)12-26-17-11-7-9-15-8-5-6-10-16(15)17/h5-11,14H,4,12-13H2,1-3H3,(H,21,25). The number of carbonyl (C=O) groups is 1. The van der Waals surface area contributed by atoms with Crippen LogP contribution >= 0.6 is 11.8 Å². The average molecular weight is 385 g/mol. The highest BCUT2D eigenvalue weighted by atomic mass is 32.2. The summed E-state index contributed by atoms with van der Waals surface area (Å²) in [7, 11) is 0. The summed E-state index contributed by atoms with van der Waals surface area (Å²) in [5.74, 6) is 1.89. The molecule has 0 fully saturated rings. The number of fused-ring (bicyclic) bond motifs is 1. The quantitative estimate of drug-likeness (QED) is 0.601. The van der Waals surface area contributed by atoms with E-state index in [0.717, 1.165) is 34.0 Å². The van der Waals surface area contributed by atoms with Crippen molar-refractivity contribution in [2.45, 2.75) is 45.1 Å². The molecule has 142 valence electrons. The topological polar surface area (TPSA) is 69.0 Å². The third-order valence-electron chi connectivity index (χ3n) is 4.00. The molecule has 1 amide bonds. The molecule has 0 saturated heterocycles. The van der Waals surface area contributed by atoms with E-state index < -0.39 is 0 Å². The molecule has 1 aromatic heterocycles. The molecular weight excluding hydrogens is 360 g/mol. The molecule has 0 saturated carbocycles. The normalized spacial score (nSPS) is 11.1. The summed E-state index contributed by atoms with van der Waals surface area (Å²) in [4.78, 5) is 11.9. The molecule has 6 nitrogen and oxygen atoms in total. The lowest BCUT2D eigenvalue weighted by molar-refractivity contribution is -0.119. The van der Waals surface area contributed by atoms with Crippen LogP contribution in [-0.4, -0.2) is 32.5 Å². The minimum Gasteiger partial charge on any atom is -0.485 e. The van der Waals surface area contributed by atoms with Crippen molar-refractivity contribution in [2.75, 3.05) is 5.75 Å². The average Bonchev–Trinajstić information content (AvgIpc) is 3.06. The van der Waals surface area contributed by atoms with E-state index in [0.29, 0.717) is 12.4 Å². The maximum absolute atomic E-state index is 11.9. The molecule has 3 rings (SSSR count). The first-order valence-corrected chi connectivity index (χ1v) is 10.0. The number of rotatable bonds is 8. The Morgan fingerprint density at radius 2 is 1.96 bits per heavy atom. The van der Waals surface area contributed by atoms with Crippen LogP contribution in [0.1, 0.15) is 26.6 Å². The number of ether oxygens (including phenoxy) is 1. The molecule has 2 aromatic carbocycles. The van der Waals surface area contributed by atoms with E-state index in [9.17, 15) is 4.79 Å². The summed E-state index contributed by atoms with van der Waals surface area (Å²) in [6.07, 6.45) is 0. The van der Waals surface area contributed by atoms with E-state index in [2.05, 4.69) is 27.6 Å². The predicted octanol–water partition coefficient (Wildman–Crippen LogP) is 3.65. The summed E-state index contributed by atoms with van der Waals surface area (Å²) in [5.41, 5.74) is 0. The first-order valence-electron chi connectivity index (χ1n) is 9.03. The SMILES string of the molecule is CCn1c(COc2cccc3ccccc23)nnc1SCC(=O)NC(C)C. The van der Waals surface area contributed by atoms with E-state index in [1.807, 2.05) is 55.7 Å². The van der Waals surface area contributed by atoms with Crippen LogP contribution in [0.15, 0.2) is 47.6 Å². The fourth-order valence-corrected chi connectivity index (χ4v) is 3.64. The molecule has 0 bridgehead atoms. The van der Waals surface area contributed by atoms with Crippen LogP contribution < -0.4 is 10.1 Å². The molecule has 0 aliphatic heterocycles. The van der Waals surface area contributed by atoms with Crippen LogP contribution in [0.5, 0.6) is 5.75 Å². The summed E-state index contributed by atoms with van der Waals surface area (Å²) < 4.78 is 8.01. The van der Waals surface area contributed by atoms with Crippen molar-refractivity contribution in [1.29, 1.82) is 0 Å². The van der Waals surface area contributed by atoms with Gasteiger partial charge in [0.15, 0.2) is 11.0 Å². The summed E-state index contributed by atoms with van der Waals surface area (Å²) in [6.45, 7) is 6.96. The third-order valence-corrected chi connectivity index (χ3v) is 4.96. The number of benzene rings is 2. The molecule has 7 heteroatoms. The summed E-state index contributed by atoms with van der Waals surface area (Å²) in [5, 5.41) is 14.3. The highest BCUT2D eigenvalue weighted by molar-refractivity contribution is 7.99. The largest absolute Gasteiger partial charge is 0.485 e. The third kappa shape index (κ3) is 4.80. The van der Waals surface area contributed by atoms with E-state index in [1.54, 1.807) is 0 Å². The molecule has 0 radical (unpaired) electrons. The Balaban J connectivity index is 1.68. The maximum atomic E-state index is 11.9. The van der Waals surface area contributed by atoms with Crippen LogP contribution in [0, 0.1) is 0 Å². The Morgan fingerprint density at radius 3 is 2.74 bits per heavy atom. The first-order chi connectivity index (χ1) is 13.1. The van der Waals surface area contributed by atoms with Gasteiger partial charge >= 0.3 is 0 Å². The van der Waals surface area contributed by atoms with Gasteiger partial charge in [-0.2, -0.15) is 0 Å². The van der Waals surface area contributed by atoms with Gasteiger partial charge in [0, 0.05) is 18.0 Å². The van der Waals surface area contributed by atoms with Gasteiger partial charge in [-0.05, 0) is 32.2 Å². The van der Waals surface area contributed by atoms with Crippen LogP contribution in [0.2, 0.25) is 0 Å². The van der Waals surface area contributed by atoms with Gasteiger partial charge in [-0.15, -0.1) is 10.2 Å². The zero-order valence-electron chi connectivity index (χ0n) is 15.8. The number of carbonyl (C=O) groups excluding carboxylic acids is 1. The monoisotopic (exact) mass is 384 g/mol. The highest BCUT2D eigenvalue weighted by Crippen LogP contribution is 2.26. The van der Waals surface area contributed by atoms with Crippen molar-refractivity contribution < 1.29 is 9.53 Å². The zero-order valence-corrected chi connectivity index (χ0v) is 16.6. The molecule has 0 aliphatic rings. The van der Waals surface area contributed by atoms with Crippen molar-refractivity contribution in [3.8, 4) is 5.75 Å². The van der Waals surface area contributed by atoms with Crippen LogP contribution in [0.3, 0.4) is 0 Å². The molecular formula is C20H24N4O2S. The minimum absolute atomic E-state index is 0.00536. The Kier molecular flexibility index (Phi) is 6.34. The van der Waals surface area contributed by atoms with Crippen molar-refractivity contribution in [3.05, 3.63) is 48.3 Å². The molecule has 0 aliphatic carbocycles. The van der Waals surface area contributed by atoms with Gasteiger partial charge in [0.25, 0.3) is 0 Å². The fraction of sp³-hybridized carbons (Fsp3) is 0.350. The van der Waals surface area contributed by atoms with E-state index in [4.69, 9.17) is 4.74 Å². The fourth-order valence-electron chi connectivity index (χ4n) is 2.81. The molecule has 3 aromatic rings. The Morgan fingerprint density at radius 1 is 1.19 bits per heavy atom. The van der Waals surface area contributed by atoms with Gasteiger partial charge in [0.1, 0.15) is 12.4 Å². The van der Waals surface area contributed by atoms with Gasteiger partial charge in [-0.3, -0.25) is 4.79 Å². The number of amides is 1. The summed E-state index contributed by atoms with van der Waals surface area (Å²) >= 11 is 1.39. The zero-order chi connectivity index (χ0) is 19.2. The highest BCUT2D eigenvalue weighted by Gasteiger charge is 2.14. The van der Waals surface area contributed by atoms with Crippen LogP contribution in [-0.2, 0) is 17.9 Å². The second-order valence-electron chi connectivity index (χ2n) is 6.42. The second-order valence-corrected chi connectivity index (χ2v) is 7.36. The number of thioether (sulfide) groups is 1. The molecule has 1 N–H and O–H groups in total. The van der Waals surface area contributed by atoms with E-state index in [1.165, 1.54) is 11.8 Å². The Hall–Kier alpha value is -2.54. The number of aromatic nitrogens is 3. The van der Waals surface area contributed by atoms with Crippen LogP contribution in [0.25, 0.3) is 10.8 Å². The lowest BCUT2D eigenvalue weighted by Gasteiger charge is -2.11. The Bertz CT molecular complexity index is 918. The van der Waals surface area contributed by atoms with Crippen molar-refractivity contribution in [2.24, 2.45) is 0 Å². The number of hydrogen-bond acceptors (Lipinski definition) is 5. The number of nitrogens with one attached hydrogen (secondary N) is 1. The van der Waals surface area contributed by atoms with Crippen LogP contribution in [0.4, 0.5) is 0 Å². The van der Waals surface area contributed by atoms with Crippen molar-refractivity contribution in [1.82, 2.24) is 20.1 Å². The molecule has 0 atom stereocenters. The van der Waals surface area contributed by atoms with Crippen molar-refractivity contribution in [3.63, 3.8) is 0 Å². The lowest BCUT2D eigenvalue weighted by Crippen LogP contribution is -2.31. The van der Waals surface area contributed by atoms with Gasteiger partial charge in [-0.25, -0.2) is 0 Å². The van der Waals surface area contributed by atoms with Gasteiger partial charge < -0.3 is 14.6 Å². The Labute approximate surface area is 163 Å². The minimum atomic E-state index is -0.00536. The maximum Gasteiger partial charge on any atom is 0.230 e. The summed E-state index contributed by atoms with van der Waals surface area (Å²) in [6, 6.07) is 14.3. The molecule has 0 unspecified atom stereocenters. The number of nitrogens with zero attached hydrogens (tertiary/aromatic N) is 3. The van der Waals surface area contributed by atoms with Gasteiger partial charge in [0.2, 0.25) is 5.91 Å². The molecule has 27 heavy (non-hydrogen) atoms. The second kappa shape index (κ2) is 8.90. The van der Waals surface area contributed by atoms with Gasteiger partial charge in [0.05, 0.1) is 5.75 Å². The van der Waals surface area contributed by atoms with Gasteiger partial charge in [-0.1, -0.05) is 48.2 Å². The lowest BCUT2D eigenvalue weighted by atomic mass is 10.1. The van der Waals surface area contributed by atoms with E-state index >= 15 is 0 Å². The van der Waals surface area contributed by atoms with Crippen molar-refractivity contribution >= 4 is 28.4 Å². The smallest absolute Gasteiger partial charge is 0.230 e. The molecule has 1 heterocycles. The molecule has 0 spiro atoms. The predicted molar refractivity (Wildman–Crippen MR) is 108 cm³/mol.